The molecule has 3 atom stereocenters. The van der Waals surface area contributed by atoms with Gasteiger partial charge in [-0.3, -0.25) is 0 Å². The highest BCUT2D eigenvalue weighted by atomic mass is 32.1. The summed E-state index contributed by atoms with van der Waals surface area (Å²) in [6.45, 7) is 2.30. The molecule has 88 valence electrons. The van der Waals surface area contributed by atoms with E-state index in [9.17, 15) is 0 Å². The van der Waals surface area contributed by atoms with Crippen molar-refractivity contribution in [1.29, 1.82) is 0 Å². The smallest absolute Gasteiger partial charge is 0.0600 e. The Hall–Kier alpha value is -1.16. The fourth-order valence-electron chi connectivity index (χ4n) is 2.48. The molecule has 0 amide bonds. The van der Waals surface area contributed by atoms with Crippen LogP contribution in [0.2, 0.25) is 0 Å². The van der Waals surface area contributed by atoms with Crippen molar-refractivity contribution in [2.75, 3.05) is 0 Å². The molecule has 0 spiro atoms. The van der Waals surface area contributed by atoms with E-state index in [0.717, 1.165) is 0 Å². The van der Waals surface area contributed by atoms with Gasteiger partial charge < -0.3 is 0 Å². The molecule has 3 unspecified atom stereocenters. The van der Waals surface area contributed by atoms with Gasteiger partial charge in [0.15, 0.2) is 0 Å². The number of nitrogens with one attached hydrogen (secondary N) is 2. The summed E-state index contributed by atoms with van der Waals surface area (Å²) in [5.41, 5.74) is 8.19. The standard InChI is InChI=1S/C14H16N2S/c1-10-13(11-6-3-2-4-7-11)15-16-14(10)12-8-5-9-17-12/h2-10,13-16H,1H3. The molecule has 1 aliphatic heterocycles. The van der Waals surface area contributed by atoms with Crippen LogP contribution < -0.4 is 10.9 Å². The Kier molecular flexibility index (Phi) is 2.97. The van der Waals surface area contributed by atoms with Gasteiger partial charge >= 0.3 is 0 Å². The van der Waals surface area contributed by atoms with Crippen LogP contribution in [0.5, 0.6) is 0 Å². The molecule has 0 aliphatic carbocycles. The predicted molar refractivity (Wildman–Crippen MR) is 71.7 cm³/mol. The third kappa shape index (κ3) is 2.02. The van der Waals surface area contributed by atoms with E-state index in [1.54, 1.807) is 0 Å². The lowest BCUT2D eigenvalue weighted by Gasteiger charge is -2.17. The van der Waals surface area contributed by atoms with Gasteiger partial charge in [0.2, 0.25) is 0 Å². The van der Waals surface area contributed by atoms with Crippen LogP contribution in [0.3, 0.4) is 0 Å². The van der Waals surface area contributed by atoms with E-state index in [1.165, 1.54) is 10.4 Å². The molecule has 1 aromatic carbocycles. The molecule has 2 aromatic rings. The zero-order chi connectivity index (χ0) is 11.7. The minimum Gasteiger partial charge on any atom is -0.249 e. The quantitative estimate of drug-likeness (QED) is 0.847. The fourth-order valence-corrected chi connectivity index (χ4v) is 3.37. The molecular weight excluding hydrogens is 228 g/mol. The van der Waals surface area contributed by atoms with Crippen molar-refractivity contribution in [2.45, 2.75) is 19.0 Å². The van der Waals surface area contributed by atoms with Crippen molar-refractivity contribution < 1.29 is 0 Å². The van der Waals surface area contributed by atoms with Gasteiger partial charge in [0.1, 0.15) is 0 Å². The normalized spacial score (nSPS) is 28.4. The van der Waals surface area contributed by atoms with Gasteiger partial charge in [-0.1, -0.05) is 43.3 Å². The second-order valence-electron chi connectivity index (χ2n) is 4.53. The Morgan fingerprint density at radius 2 is 1.71 bits per heavy atom. The molecule has 17 heavy (non-hydrogen) atoms. The van der Waals surface area contributed by atoms with Crippen LogP contribution in [-0.2, 0) is 0 Å². The first-order valence-corrected chi connectivity index (χ1v) is 6.83. The third-order valence-electron chi connectivity index (χ3n) is 3.45. The van der Waals surface area contributed by atoms with Crippen LogP contribution in [-0.4, -0.2) is 0 Å². The summed E-state index contributed by atoms with van der Waals surface area (Å²) in [4.78, 5) is 1.41. The lowest BCUT2D eigenvalue weighted by Crippen LogP contribution is -2.26. The number of thiophene rings is 1. The second-order valence-corrected chi connectivity index (χ2v) is 5.51. The topological polar surface area (TPSA) is 24.1 Å². The Morgan fingerprint density at radius 1 is 0.941 bits per heavy atom. The van der Waals surface area contributed by atoms with Crippen molar-refractivity contribution in [3.63, 3.8) is 0 Å². The van der Waals surface area contributed by atoms with Crippen LogP contribution >= 0.6 is 11.3 Å². The highest BCUT2D eigenvalue weighted by Gasteiger charge is 2.34. The van der Waals surface area contributed by atoms with E-state index in [1.807, 2.05) is 11.3 Å². The van der Waals surface area contributed by atoms with Crippen molar-refractivity contribution in [3.8, 4) is 0 Å². The maximum atomic E-state index is 3.42. The molecule has 2 nitrogen and oxygen atoms in total. The second kappa shape index (κ2) is 4.61. The Balaban J connectivity index is 1.83. The van der Waals surface area contributed by atoms with E-state index in [2.05, 4.69) is 65.6 Å². The molecule has 1 aromatic heterocycles. The maximum Gasteiger partial charge on any atom is 0.0600 e. The molecule has 3 heteroatoms. The summed E-state index contributed by atoms with van der Waals surface area (Å²) in [6.07, 6.45) is 0. The number of benzene rings is 1. The van der Waals surface area contributed by atoms with Gasteiger partial charge in [0.05, 0.1) is 12.1 Å². The van der Waals surface area contributed by atoms with E-state index in [-0.39, 0.29) is 0 Å². The minimum absolute atomic E-state index is 0.392. The van der Waals surface area contributed by atoms with Gasteiger partial charge in [0, 0.05) is 4.88 Å². The molecule has 1 aliphatic rings. The first kappa shape index (κ1) is 11.0. The Morgan fingerprint density at radius 3 is 2.41 bits per heavy atom. The average Bonchev–Trinajstić information content (AvgIpc) is 2.99. The van der Waals surface area contributed by atoms with Crippen molar-refractivity contribution in [2.24, 2.45) is 5.92 Å². The van der Waals surface area contributed by atoms with Gasteiger partial charge in [-0.25, -0.2) is 10.9 Å². The molecule has 0 bridgehead atoms. The van der Waals surface area contributed by atoms with Crippen molar-refractivity contribution in [3.05, 3.63) is 58.3 Å². The van der Waals surface area contributed by atoms with Crippen LogP contribution in [0.4, 0.5) is 0 Å². The summed E-state index contributed by atoms with van der Waals surface area (Å²) in [7, 11) is 0. The molecule has 3 rings (SSSR count). The van der Waals surface area contributed by atoms with Gasteiger partial charge in [-0.2, -0.15) is 0 Å². The lowest BCUT2D eigenvalue weighted by molar-refractivity contribution is 0.470. The molecule has 0 radical (unpaired) electrons. The summed E-state index contributed by atoms with van der Waals surface area (Å²) < 4.78 is 0. The highest BCUT2D eigenvalue weighted by Crippen LogP contribution is 2.37. The summed E-state index contributed by atoms with van der Waals surface area (Å²) >= 11 is 1.82. The van der Waals surface area contributed by atoms with Crippen LogP contribution in [0.15, 0.2) is 47.8 Å². The molecule has 1 fully saturated rings. The van der Waals surface area contributed by atoms with Crippen molar-refractivity contribution >= 4 is 11.3 Å². The first-order valence-electron chi connectivity index (χ1n) is 5.95. The minimum atomic E-state index is 0.392. The maximum absolute atomic E-state index is 3.42. The number of hydrazine groups is 1. The summed E-state index contributed by atoms with van der Waals surface area (Å²) in [5.74, 6) is 0.552. The predicted octanol–water partition coefficient (Wildman–Crippen LogP) is 3.27. The third-order valence-corrected chi connectivity index (χ3v) is 4.41. The van der Waals surface area contributed by atoms with E-state index >= 15 is 0 Å². The van der Waals surface area contributed by atoms with Crippen LogP contribution in [0.1, 0.15) is 29.4 Å². The zero-order valence-corrected chi connectivity index (χ0v) is 10.6. The number of hydrogen-bond donors (Lipinski definition) is 2. The van der Waals surface area contributed by atoms with Gasteiger partial charge in [-0.05, 0) is 22.9 Å². The summed E-state index contributed by atoms with van der Waals surface area (Å²) in [6, 6.07) is 15.8. The molecule has 0 saturated carbocycles. The Bertz CT molecular complexity index is 466. The van der Waals surface area contributed by atoms with E-state index in [0.29, 0.717) is 18.0 Å². The van der Waals surface area contributed by atoms with Crippen LogP contribution in [0.25, 0.3) is 0 Å². The first-order chi connectivity index (χ1) is 8.36. The lowest BCUT2D eigenvalue weighted by atomic mass is 9.91. The van der Waals surface area contributed by atoms with E-state index < -0.39 is 0 Å². The average molecular weight is 244 g/mol. The summed E-state index contributed by atoms with van der Waals surface area (Å²) in [5, 5.41) is 2.14. The monoisotopic (exact) mass is 244 g/mol. The Labute approximate surface area is 106 Å². The fraction of sp³-hybridized carbons (Fsp3) is 0.286. The van der Waals surface area contributed by atoms with Crippen molar-refractivity contribution in [1.82, 2.24) is 10.9 Å². The zero-order valence-electron chi connectivity index (χ0n) is 9.76. The van der Waals surface area contributed by atoms with Crippen LogP contribution in [0, 0.1) is 5.92 Å². The molecule has 1 saturated heterocycles. The molecule has 2 N–H and O–H groups in total. The largest absolute Gasteiger partial charge is 0.249 e. The molecular formula is C14H16N2S. The molecule has 2 heterocycles. The number of rotatable bonds is 2. The SMILES string of the molecule is CC1C(c2ccccc2)NNC1c1cccs1. The van der Waals surface area contributed by atoms with E-state index in [4.69, 9.17) is 0 Å². The van der Waals surface area contributed by atoms with Gasteiger partial charge in [-0.15, -0.1) is 11.3 Å². The highest BCUT2D eigenvalue weighted by molar-refractivity contribution is 7.10. The van der Waals surface area contributed by atoms with Gasteiger partial charge in [0.25, 0.3) is 0 Å². The number of hydrogen-bond acceptors (Lipinski definition) is 3.